The van der Waals surface area contributed by atoms with Gasteiger partial charge >= 0.3 is 6.09 Å². The molecule has 1 saturated heterocycles. The van der Waals surface area contributed by atoms with Gasteiger partial charge in [-0.25, -0.2) is 4.79 Å². The van der Waals surface area contributed by atoms with Gasteiger partial charge in [0.05, 0.1) is 22.5 Å². The highest BCUT2D eigenvalue weighted by Gasteiger charge is 2.32. The van der Waals surface area contributed by atoms with Crippen molar-refractivity contribution in [1.29, 1.82) is 0 Å². The summed E-state index contributed by atoms with van der Waals surface area (Å²) < 4.78 is 5.55. The number of hydrogen-bond acceptors (Lipinski definition) is 6. The number of para-hydroxylation sites is 1. The molecule has 2 amide bonds. The van der Waals surface area contributed by atoms with E-state index < -0.39 is 11.7 Å². The minimum absolute atomic E-state index is 0.0628. The van der Waals surface area contributed by atoms with E-state index in [0.717, 1.165) is 11.4 Å². The smallest absolute Gasteiger partial charge is 0.410 e. The van der Waals surface area contributed by atoms with Crippen LogP contribution < -0.4 is 15.5 Å². The van der Waals surface area contributed by atoms with Gasteiger partial charge in [0, 0.05) is 44.8 Å². The lowest BCUT2D eigenvalue weighted by Crippen LogP contribution is -2.55. The van der Waals surface area contributed by atoms with Crippen LogP contribution in [0.2, 0.25) is 5.02 Å². The van der Waals surface area contributed by atoms with E-state index in [9.17, 15) is 14.7 Å². The van der Waals surface area contributed by atoms with Crippen molar-refractivity contribution >= 4 is 35.0 Å². The van der Waals surface area contributed by atoms with Crippen molar-refractivity contribution < 1.29 is 19.4 Å². The third-order valence-corrected chi connectivity index (χ3v) is 6.13. The Labute approximate surface area is 212 Å². The Bertz CT molecular complexity index is 1040. The van der Waals surface area contributed by atoms with Crippen LogP contribution in [0.1, 0.15) is 49.7 Å². The normalized spacial score (nSPS) is 17.1. The predicted molar refractivity (Wildman–Crippen MR) is 139 cm³/mol. The number of aliphatic hydroxyl groups is 1. The number of nitrogens with one attached hydrogen (secondary N) is 2. The molecule has 0 spiro atoms. The van der Waals surface area contributed by atoms with Gasteiger partial charge in [0.2, 0.25) is 0 Å². The van der Waals surface area contributed by atoms with Gasteiger partial charge in [-0.2, -0.15) is 0 Å². The average molecular weight is 503 g/mol. The molecule has 2 unspecified atom stereocenters. The Morgan fingerprint density at radius 2 is 1.86 bits per heavy atom. The molecule has 0 aliphatic carbocycles. The quantitative estimate of drug-likeness (QED) is 0.545. The molecule has 2 atom stereocenters. The van der Waals surface area contributed by atoms with Gasteiger partial charge in [-0.3, -0.25) is 4.79 Å². The van der Waals surface area contributed by atoms with Crippen molar-refractivity contribution in [2.75, 3.05) is 43.4 Å². The molecule has 1 fully saturated rings. The third kappa shape index (κ3) is 6.80. The average Bonchev–Trinajstić information content (AvgIpc) is 2.80. The van der Waals surface area contributed by atoms with Crippen LogP contribution in [-0.2, 0) is 4.74 Å². The summed E-state index contributed by atoms with van der Waals surface area (Å²) in [6, 6.07) is 12.4. The Morgan fingerprint density at radius 1 is 1.17 bits per heavy atom. The third-order valence-electron chi connectivity index (χ3n) is 5.83. The van der Waals surface area contributed by atoms with Crippen molar-refractivity contribution in [3.8, 4) is 0 Å². The zero-order chi connectivity index (χ0) is 25.8. The van der Waals surface area contributed by atoms with Gasteiger partial charge < -0.3 is 30.3 Å². The van der Waals surface area contributed by atoms with E-state index in [1.165, 1.54) is 0 Å². The number of ether oxygens (including phenoxy) is 1. The molecule has 9 heteroatoms. The lowest BCUT2D eigenvalue weighted by molar-refractivity contribution is 0.0159. The first-order valence-electron chi connectivity index (χ1n) is 11.8. The van der Waals surface area contributed by atoms with Crippen LogP contribution in [0.4, 0.5) is 16.2 Å². The lowest BCUT2D eigenvalue weighted by atomic mass is 10.1. The number of benzene rings is 2. The monoisotopic (exact) mass is 502 g/mol. The van der Waals surface area contributed by atoms with E-state index in [1.807, 2.05) is 45.9 Å². The van der Waals surface area contributed by atoms with Gasteiger partial charge in [-0.1, -0.05) is 29.8 Å². The maximum absolute atomic E-state index is 12.6. The second-order valence-electron chi connectivity index (χ2n) is 9.70. The molecule has 2 aromatic carbocycles. The van der Waals surface area contributed by atoms with Crippen LogP contribution >= 0.6 is 11.6 Å². The van der Waals surface area contributed by atoms with Crippen molar-refractivity contribution in [3.05, 3.63) is 58.6 Å². The summed E-state index contributed by atoms with van der Waals surface area (Å²) in [5, 5.41) is 17.2. The lowest BCUT2D eigenvalue weighted by Gasteiger charge is -2.42. The van der Waals surface area contributed by atoms with E-state index >= 15 is 0 Å². The second kappa shape index (κ2) is 11.2. The van der Waals surface area contributed by atoms with Gasteiger partial charge in [-0.05, 0) is 57.5 Å². The number of carbonyl (C=O) groups excluding carboxylic acids is 2. The first-order chi connectivity index (χ1) is 16.5. The molecule has 35 heavy (non-hydrogen) atoms. The molecule has 0 bridgehead atoms. The fraction of sp³-hybridized carbons (Fsp3) is 0.462. The highest BCUT2D eigenvalue weighted by Crippen LogP contribution is 2.36. The Hall–Kier alpha value is -2.97. The number of nitrogens with zero attached hydrogens (tertiary/aromatic N) is 2. The molecule has 1 aliphatic rings. The Balaban J connectivity index is 1.68. The Kier molecular flexibility index (Phi) is 8.51. The molecular formula is C26H35ClN4O4. The van der Waals surface area contributed by atoms with Crippen LogP contribution in [0.5, 0.6) is 0 Å². The number of piperazine rings is 1. The van der Waals surface area contributed by atoms with E-state index in [4.69, 9.17) is 16.3 Å². The summed E-state index contributed by atoms with van der Waals surface area (Å²) in [7, 11) is 1.58. The summed E-state index contributed by atoms with van der Waals surface area (Å²) in [4.78, 5) is 28.2. The summed E-state index contributed by atoms with van der Waals surface area (Å²) >= 11 is 6.60. The number of rotatable bonds is 6. The van der Waals surface area contributed by atoms with Gasteiger partial charge in [0.15, 0.2) is 0 Å². The van der Waals surface area contributed by atoms with Crippen molar-refractivity contribution in [3.63, 3.8) is 0 Å². The second-order valence-corrected chi connectivity index (χ2v) is 10.1. The molecule has 1 heterocycles. The van der Waals surface area contributed by atoms with Gasteiger partial charge in [-0.15, -0.1) is 0 Å². The summed E-state index contributed by atoms with van der Waals surface area (Å²) in [6.45, 7) is 9.55. The zero-order valence-corrected chi connectivity index (χ0v) is 21.7. The molecule has 2 aromatic rings. The first kappa shape index (κ1) is 26.6. The van der Waals surface area contributed by atoms with Crippen LogP contribution in [-0.4, -0.2) is 66.9 Å². The number of anilines is 2. The molecule has 190 valence electrons. The number of amides is 2. The number of hydrogen-bond donors (Lipinski definition) is 3. The largest absolute Gasteiger partial charge is 0.444 e. The SMILES string of the molecule is CNC(=O)c1ccc(C(O)CNc2cccc(Cl)c2N2CCN(C(=O)OC(C)(C)C)C(C)C2)cc1. The van der Waals surface area contributed by atoms with E-state index in [1.54, 1.807) is 36.2 Å². The van der Waals surface area contributed by atoms with Crippen LogP contribution in [0, 0.1) is 0 Å². The molecule has 1 aliphatic heterocycles. The fourth-order valence-corrected chi connectivity index (χ4v) is 4.35. The highest BCUT2D eigenvalue weighted by molar-refractivity contribution is 6.34. The molecule has 0 saturated carbocycles. The van der Waals surface area contributed by atoms with E-state index in [2.05, 4.69) is 15.5 Å². The minimum atomic E-state index is -0.775. The summed E-state index contributed by atoms with van der Waals surface area (Å²) in [5.41, 5.74) is 2.34. The standard InChI is InChI=1S/C26H35ClN4O4/c1-17-16-30(13-14-31(17)25(34)35-26(2,3)4)23-20(27)7-6-8-21(23)29-15-22(32)18-9-11-19(12-10-18)24(33)28-5/h6-12,17,22,29,32H,13-16H2,1-5H3,(H,28,33). The van der Waals surface area contributed by atoms with E-state index in [-0.39, 0.29) is 24.6 Å². The van der Waals surface area contributed by atoms with Crippen molar-refractivity contribution in [2.24, 2.45) is 0 Å². The Morgan fingerprint density at radius 3 is 2.46 bits per heavy atom. The van der Waals surface area contributed by atoms with Gasteiger partial charge in [0.25, 0.3) is 5.91 Å². The fourth-order valence-electron chi connectivity index (χ4n) is 4.06. The molecule has 3 rings (SSSR count). The number of carbonyl (C=O) groups is 2. The summed E-state index contributed by atoms with van der Waals surface area (Å²) in [5.74, 6) is -0.172. The number of halogens is 1. The maximum atomic E-state index is 12.6. The molecule has 3 N–H and O–H groups in total. The van der Waals surface area contributed by atoms with E-state index in [0.29, 0.717) is 35.8 Å². The zero-order valence-electron chi connectivity index (χ0n) is 21.0. The van der Waals surface area contributed by atoms with Crippen LogP contribution in [0.25, 0.3) is 0 Å². The molecular weight excluding hydrogens is 468 g/mol. The predicted octanol–water partition coefficient (Wildman–Crippen LogP) is 4.29. The first-order valence-corrected chi connectivity index (χ1v) is 12.1. The van der Waals surface area contributed by atoms with Gasteiger partial charge in [0.1, 0.15) is 5.60 Å². The van der Waals surface area contributed by atoms with Crippen molar-refractivity contribution in [2.45, 2.75) is 45.4 Å². The van der Waals surface area contributed by atoms with Crippen LogP contribution in [0.3, 0.4) is 0 Å². The van der Waals surface area contributed by atoms with Crippen molar-refractivity contribution in [1.82, 2.24) is 10.2 Å². The molecule has 8 nitrogen and oxygen atoms in total. The van der Waals surface area contributed by atoms with Crippen LogP contribution in [0.15, 0.2) is 42.5 Å². The summed E-state index contributed by atoms with van der Waals surface area (Å²) in [6.07, 6.45) is -1.09. The molecule has 0 radical (unpaired) electrons. The minimum Gasteiger partial charge on any atom is -0.444 e. The maximum Gasteiger partial charge on any atom is 0.410 e. The topological polar surface area (TPSA) is 94.1 Å². The molecule has 0 aromatic heterocycles. The number of aliphatic hydroxyl groups excluding tert-OH is 1. The highest BCUT2D eigenvalue weighted by atomic mass is 35.5.